The van der Waals surface area contributed by atoms with E-state index in [1.165, 1.54) is 11.3 Å². The molecule has 2 aliphatic rings. The lowest BCUT2D eigenvalue weighted by atomic mass is 9.91. The molecule has 7 nitrogen and oxygen atoms in total. The molecule has 2 atom stereocenters. The van der Waals surface area contributed by atoms with Crippen LogP contribution in [-0.2, 0) is 9.47 Å². The zero-order valence-electron chi connectivity index (χ0n) is 18.1. The van der Waals surface area contributed by atoms with Gasteiger partial charge in [-0.25, -0.2) is 0 Å². The minimum atomic E-state index is -0.321. The van der Waals surface area contributed by atoms with Crippen LogP contribution in [0.3, 0.4) is 0 Å². The van der Waals surface area contributed by atoms with E-state index in [0.29, 0.717) is 37.9 Å². The molecule has 2 aliphatic heterocycles. The molecular weight excluding hydrogens is 416 g/mol. The summed E-state index contributed by atoms with van der Waals surface area (Å²) < 4.78 is 22.3. The molecule has 2 saturated heterocycles. The van der Waals surface area contributed by atoms with Crippen LogP contribution in [0.5, 0.6) is 11.5 Å². The van der Waals surface area contributed by atoms with Gasteiger partial charge in [-0.3, -0.25) is 14.6 Å². The van der Waals surface area contributed by atoms with E-state index in [1.807, 2.05) is 29.6 Å². The molecule has 2 aromatic rings. The number of Topliss-reactive ketones (excluding diaryl/α,β-unsaturated/α-hetero) is 1. The van der Waals surface area contributed by atoms with Crippen LogP contribution in [-0.4, -0.2) is 88.5 Å². The second-order valence-corrected chi connectivity index (χ2v) is 8.59. The molecule has 0 saturated carbocycles. The van der Waals surface area contributed by atoms with Crippen LogP contribution in [0.25, 0.3) is 0 Å². The van der Waals surface area contributed by atoms with Gasteiger partial charge in [0, 0.05) is 26.2 Å². The summed E-state index contributed by atoms with van der Waals surface area (Å²) in [6.07, 6.45) is 0. The lowest BCUT2D eigenvalue weighted by Crippen LogP contribution is -2.55. The van der Waals surface area contributed by atoms with Gasteiger partial charge in [0.25, 0.3) is 0 Å². The molecule has 0 radical (unpaired) electrons. The van der Waals surface area contributed by atoms with Crippen molar-refractivity contribution >= 4 is 17.1 Å². The van der Waals surface area contributed by atoms with Gasteiger partial charge in [0.15, 0.2) is 17.3 Å². The molecule has 2 fully saturated rings. The van der Waals surface area contributed by atoms with Crippen molar-refractivity contribution in [2.24, 2.45) is 0 Å². The van der Waals surface area contributed by atoms with Crippen molar-refractivity contribution < 1.29 is 23.7 Å². The van der Waals surface area contributed by atoms with Gasteiger partial charge in [0.2, 0.25) is 0 Å². The number of nitrogens with zero attached hydrogens (tertiary/aromatic N) is 2. The number of hydrogen-bond donors (Lipinski definition) is 0. The highest BCUT2D eigenvalue weighted by Gasteiger charge is 2.40. The van der Waals surface area contributed by atoms with Crippen molar-refractivity contribution in [3.05, 3.63) is 46.2 Å². The van der Waals surface area contributed by atoms with Crippen molar-refractivity contribution in [3.8, 4) is 11.5 Å². The Morgan fingerprint density at radius 3 is 2.16 bits per heavy atom. The highest BCUT2D eigenvalue weighted by atomic mass is 32.1. The molecule has 1 aromatic carbocycles. The van der Waals surface area contributed by atoms with Crippen LogP contribution in [0.2, 0.25) is 0 Å². The molecule has 31 heavy (non-hydrogen) atoms. The van der Waals surface area contributed by atoms with Crippen LogP contribution >= 0.6 is 11.3 Å². The molecule has 4 rings (SSSR count). The number of carbonyl (C=O) groups is 1. The lowest BCUT2D eigenvalue weighted by molar-refractivity contribution is -0.0301. The summed E-state index contributed by atoms with van der Waals surface area (Å²) in [5.74, 6) is 1.50. The second-order valence-electron chi connectivity index (χ2n) is 7.64. The minimum Gasteiger partial charge on any atom is -0.493 e. The van der Waals surface area contributed by atoms with Crippen molar-refractivity contribution in [2.75, 3.05) is 66.8 Å². The van der Waals surface area contributed by atoms with Crippen LogP contribution < -0.4 is 9.47 Å². The quantitative estimate of drug-likeness (QED) is 0.578. The number of benzene rings is 1. The molecule has 0 amide bonds. The zero-order chi connectivity index (χ0) is 21.6. The Labute approximate surface area is 187 Å². The Morgan fingerprint density at radius 1 is 0.935 bits per heavy atom. The minimum absolute atomic E-state index is 0.128. The van der Waals surface area contributed by atoms with Gasteiger partial charge in [-0.05, 0) is 29.1 Å². The number of methoxy groups -OCH3 is 2. The maximum atomic E-state index is 13.9. The van der Waals surface area contributed by atoms with E-state index in [0.717, 1.165) is 36.6 Å². The Morgan fingerprint density at radius 2 is 1.58 bits per heavy atom. The number of morpholine rings is 2. The SMILES string of the molecule is COc1ccc([C@@H]([C@@H](C(=O)c2cccs2)N2CCOCC2)N2CCOCC2)cc1OC. The molecule has 0 unspecified atom stereocenters. The van der Waals surface area contributed by atoms with Crippen molar-refractivity contribution in [1.29, 1.82) is 0 Å². The van der Waals surface area contributed by atoms with E-state index in [4.69, 9.17) is 18.9 Å². The third-order valence-electron chi connectivity index (χ3n) is 5.96. The van der Waals surface area contributed by atoms with Crippen molar-refractivity contribution in [2.45, 2.75) is 12.1 Å². The summed E-state index contributed by atoms with van der Waals surface area (Å²) in [5, 5.41) is 1.96. The van der Waals surface area contributed by atoms with Gasteiger partial charge >= 0.3 is 0 Å². The maximum Gasteiger partial charge on any atom is 0.191 e. The van der Waals surface area contributed by atoms with E-state index in [2.05, 4.69) is 15.9 Å². The average molecular weight is 447 g/mol. The fourth-order valence-electron chi connectivity index (χ4n) is 4.41. The summed E-state index contributed by atoms with van der Waals surface area (Å²) in [7, 11) is 3.27. The molecule has 1 aromatic heterocycles. The van der Waals surface area contributed by atoms with Crippen LogP contribution in [0.4, 0.5) is 0 Å². The van der Waals surface area contributed by atoms with Gasteiger partial charge < -0.3 is 18.9 Å². The number of ether oxygens (including phenoxy) is 4. The normalized spacial score (nSPS) is 20.2. The number of carbonyl (C=O) groups excluding carboxylic acids is 1. The third-order valence-corrected chi connectivity index (χ3v) is 6.84. The van der Waals surface area contributed by atoms with E-state index < -0.39 is 0 Å². The van der Waals surface area contributed by atoms with E-state index >= 15 is 0 Å². The molecule has 0 spiro atoms. The standard InChI is InChI=1S/C23H30N2O5S/c1-27-18-6-5-17(16-19(18)28-2)21(24-7-11-29-12-8-24)22(25-9-13-30-14-10-25)23(26)20-4-3-15-31-20/h3-6,15-16,21-22H,7-14H2,1-2H3/t21-,22-/m0/s1. The Balaban J connectivity index is 1.78. The fourth-order valence-corrected chi connectivity index (χ4v) is 5.11. The van der Waals surface area contributed by atoms with Crippen molar-refractivity contribution in [1.82, 2.24) is 9.80 Å². The van der Waals surface area contributed by atoms with Gasteiger partial charge in [-0.15, -0.1) is 11.3 Å². The molecular formula is C23H30N2O5S. The zero-order valence-corrected chi connectivity index (χ0v) is 18.9. The summed E-state index contributed by atoms with van der Waals surface area (Å²) in [6, 6.07) is 9.40. The number of rotatable bonds is 8. The number of thiophene rings is 1. The largest absolute Gasteiger partial charge is 0.493 e. The van der Waals surface area contributed by atoms with Gasteiger partial charge in [0.05, 0.1) is 57.6 Å². The van der Waals surface area contributed by atoms with E-state index in [9.17, 15) is 4.79 Å². The topological polar surface area (TPSA) is 60.5 Å². The first-order valence-electron chi connectivity index (χ1n) is 10.7. The summed E-state index contributed by atoms with van der Waals surface area (Å²) in [5.41, 5.74) is 1.04. The first kappa shape index (κ1) is 22.2. The smallest absolute Gasteiger partial charge is 0.191 e. The third kappa shape index (κ3) is 4.94. The van der Waals surface area contributed by atoms with Crippen LogP contribution in [0.1, 0.15) is 21.3 Å². The molecule has 0 N–H and O–H groups in total. The molecule has 0 aliphatic carbocycles. The van der Waals surface area contributed by atoms with Crippen LogP contribution in [0, 0.1) is 0 Å². The molecule has 0 bridgehead atoms. The highest BCUT2D eigenvalue weighted by molar-refractivity contribution is 7.12. The Bertz CT molecular complexity index is 848. The predicted octanol–water partition coefficient (Wildman–Crippen LogP) is 2.72. The highest BCUT2D eigenvalue weighted by Crippen LogP contribution is 2.37. The predicted molar refractivity (Wildman–Crippen MR) is 120 cm³/mol. The second kappa shape index (κ2) is 10.6. The Hall–Kier alpha value is -1.97. The summed E-state index contributed by atoms with van der Waals surface area (Å²) in [4.78, 5) is 19.3. The first-order chi connectivity index (χ1) is 15.2. The first-order valence-corrected chi connectivity index (χ1v) is 11.5. The monoisotopic (exact) mass is 446 g/mol. The fraction of sp³-hybridized carbons (Fsp3) is 0.522. The van der Waals surface area contributed by atoms with Crippen molar-refractivity contribution in [3.63, 3.8) is 0 Å². The number of hydrogen-bond acceptors (Lipinski definition) is 8. The van der Waals surface area contributed by atoms with Gasteiger partial charge in [0.1, 0.15) is 0 Å². The van der Waals surface area contributed by atoms with E-state index in [-0.39, 0.29) is 17.9 Å². The summed E-state index contributed by atoms with van der Waals surface area (Å²) in [6.45, 7) is 5.60. The lowest BCUT2D eigenvalue weighted by Gasteiger charge is -2.44. The van der Waals surface area contributed by atoms with Gasteiger partial charge in [-0.1, -0.05) is 12.1 Å². The van der Waals surface area contributed by atoms with E-state index in [1.54, 1.807) is 14.2 Å². The average Bonchev–Trinajstić information content (AvgIpc) is 3.38. The van der Waals surface area contributed by atoms with Gasteiger partial charge in [-0.2, -0.15) is 0 Å². The van der Waals surface area contributed by atoms with Crippen LogP contribution in [0.15, 0.2) is 35.7 Å². The molecule has 8 heteroatoms. The maximum absolute atomic E-state index is 13.9. The number of ketones is 1. The molecule has 168 valence electrons. The molecule has 3 heterocycles. The summed E-state index contributed by atoms with van der Waals surface area (Å²) >= 11 is 1.50. The Kier molecular flexibility index (Phi) is 7.58.